The second-order valence-electron chi connectivity index (χ2n) is 7.84. The lowest BCUT2D eigenvalue weighted by atomic mass is 10.0. The molecule has 0 atom stereocenters. The van der Waals surface area contributed by atoms with Crippen LogP contribution < -0.4 is 5.73 Å². The number of halogens is 1. The topological polar surface area (TPSA) is 79.5 Å². The third kappa shape index (κ3) is 5.46. The van der Waals surface area contributed by atoms with Gasteiger partial charge in [0.15, 0.2) is 5.78 Å². The molecule has 1 aromatic carbocycles. The smallest absolute Gasteiger partial charge is 0.219 e. The van der Waals surface area contributed by atoms with Crippen LogP contribution in [0.25, 0.3) is 10.8 Å². The Hall–Kier alpha value is -2.48. The lowest BCUT2D eigenvalue weighted by Crippen LogP contribution is -2.47. The molecule has 0 aliphatic carbocycles. The van der Waals surface area contributed by atoms with Gasteiger partial charge in [-0.15, -0.1) is 11.3 Å². The van der Waals surface area contributed by atoms with Crippen molar-refractivity contribution >= 4 is 51.2 Å². The minimum Gasteiger partial charge on any atom is -0.383 e. The number of piperazine rings is 1. The number of thiophene rings is 1. The number of fused-ring (bicyclic) bond motifs is 1. The number of nitrogen functional groups attached to an aromatic ring is 1. The monoisotopic (exact) mass is 472 g/mol. The van der Waals surface area contributed by atoms with Crippen LogP contribution in [0, 0.1) is 0 Å². The van der Waals surface area contributed by atoms with Crippen molar-refractivity contribution in [1.29, 1.82) is 0 Å². The molecule has 2 aromatic heterocycles. The predicted octanol–water partition coefficient (Wildman–Crippen LogP) is 4.65. The first-order valence-electron chi connectivity index (χ1n) is 10.3. The van der Waals surface area contributed by atoms with Gasteiger partial charge in [-0.05, 0) is 29.5 Å². The molecule has 170 valence electrons. The Labute approximate surface area is 198 Å². The molecule has 1 saturated heterocycles. The first-order valence-corrected chi connectivity index (χ1v) is 11.5. The largest absolute Gasteiger partial charge is 0.383 e. The summed E-state index contributed by atoms with van der Waals surface area (Å²) in [5.41, 5.74) is 7.01. The maximum atomic E-state index is 12.8. The van der Waals surface area contributed by atoms with E-state index in [1.54, 1.807) is 19.2 Å². The summed E-state index contributed by atoms with van der Waals surface area (Å²) in [5, 5.41) is 2.61. The maximum absolute atomic E-state index is 12.8. The molecule has 6 nitrogen and oxygen atoms in total. The number of aromatic nitrogens is 1. The molecule has 0 spiro atoms. The molecule has 4 rings (SSSR count). The van der Waals surface area contributed by atoms with Gasteiger partial charge in [0.25, 0.3) is 0 Å². The molecule has 0 unspecified atom stereocenters. The van der Waals surface area contributed by atoms with E-state index in [-0.39, 0.29) is 19.1 Å². The van der Waals surface area contributed by atoms with Crippen LogP contribution in [0.1, 0.15) is 40.9 Å². The Bertz CT molecular complexity index is 1120. The number of hydrogen-bond acceptors (Lipinski definition) is 6. The van der Waals surface area contributed by atoms with Gasteiger partial charge in [0, 0.05) is 62.5 Å². The second kappa shape index (κ2) is 10.4. The summed E-state index contributed by atoms with van der Waals surface area (Å²) in [5.74, 6) is 0.741. The molecule has 1 fully saturated rings. The minimum absolute atomic E-state index is 0. The quantitative estimate of drug-likeness (QED) is 0.528. The van der Waals surface area contributed by atoms with Crippen LogP contribution >= 0.6 is 22.9 Å². The fourth-order valence-corrected chi connectivity index (χ4v) is 5.27. The lowest BCUT2D eigenvalue weighted by molar-refractivity contribution is -0.130. The first-order chi connectivity index (χ1) is 14.9. The minimum atomic E-state index is 0. The van der Waals surface area contributed by atoms with Crippen molar-refractivity contribution < 1.29 is 9.59 Å². The van der Waals surface area contributed by atoms with Crippen LogP contribution in [0.15, 0.2) is 36.5 Å². The number of amides is 1. The molecule has 1 amide bonds. The molecule has 0 saturated carbocycles. The maximum Gasteiger partial charge on any atom is 0.219 e. The zero-order valence-electron chi connectivity index (χ0n) is 17.4. The highest BCUT2D eigenvalue weighted by atomic mass is 35.5. The fraction of sp³-hybridized carbons (Fsp3) is 0.375. The summed E-state index contributed by atoms with van der Waals surface area (Å²) in [6.07, 6.45) is 2.79. The molecule has 1 aliphatic heterocycles. The molecule has 3 heterocycles. The van der Waals surface area contributed by atoms with Crippen LogP contribution in [-0.4, -0.2) is 52.7 Å². The molecule has 2 N–H and O–H groups in total. The number of aryl methyl sites for hydroxylation is 1. The number of benzene rings is 1. The lowest BCUT2D eigenvalue weighted by Gasteiger charge is -2.33. The van der Waals surface area contributed by atoms with Crippen molar-refractivity contribution in [3.8, 4) is 0 Å². The number of carbonyl (C=O) groups is 2. The van der Waals surface area contributed by atoms with Gasteiger partial charge < -0.3 is 10.6 Å². The summed E-state index contributed by atoms with van der Waals surface area (Å²) >= 11 is 7.91. The summed E-state index contributed by atoms with van der Waals surface area (Å²) in [4.78, 5) is 34.2. The van der Waals surface area contributed by atoms with Gasteiger partial charge in [-0.25, -0.2) is 4.98 Å². The standard InChI is InChI=1S/C23H25ClN4O2S.CH4/c1-15(29)28-10-8-27(9-11-28)14-22-19(24)13-21(31-22)20(30)5-3-16-2-4-18-17(12-16)6-7-26-23(18)25;/h2,4,6-7,12-13H,3,5,8-11,14H2,1H3,(H2,25,26);1H4. The van der Waals surface area contributed by atoms with E-state index < -0.39 is 0 Å². The molecule has 32 heavy (non-hydrogen) atoms. The highest BCUT2D eigenvalue weighted by Gasteiger charge is 2.21. The van der Waals surface area contributed by atoms with Crippen molar-refractivity contribution in [3.05, 3.63) is 56.9 Å². The van der Waals surface area contributed by atoms with E-state index in [4.69, 9.17) is 17.3 Å². The van der Waals surface area contributed by atoms with Crippen LogP contribution in [-0.2, 0) is 17.8 Å². The van der Waals surface area contributed by atoms with Gasteiger partial charge in [0.1, 0.15) is 5.82 Å². The number of Topliss-reactive ketones (excluding diaryl/α,β-unsaturated/α-hetero) is 1. The van der Waals surface area contributed by atoms with Crippen LogP contribution in [0.2, 0.25) is 5.02 Å². The van der Waals surface area contributed by atoms with E-state index in [0.29, 0.717) is 35.1 Å². The molecule has 0 bridgehead atoms. The number of rotatable bonds is 6. The van der Waals surface area contributed by atoms with Crippen LogP contribution in [0.4, 0.5) is 5.82 Å². The van der Waals surface area contributed by atoms with Crippen molar-refractivity contribution in [2.45, 2.75) is 33.7 Å². The summed E-state index contributed by atoms with van der Waals surface area (Å²) < 4.78 is 0. The van der Waals surface area contributed by atoms with E-state index >= 15 is 0 Å². The average Bonchev–Trinajstić information content (AvgIpc) is 3.13. The van der Waals surface area contributed by atoms with E-state index in [0.717, 1.165) is 47.4 Å². The number of ketones is 1. The zero-order chi connectivity index (χ0) is 22.0. The highest BCUT2D eigenvalue weighted by Crippen LogP contribution is 2.30. The second-order valence-corrected chi connectivity index (χ2v) is 9.38. The number of hydrogen-bond donors (Lipinski definition) is 1. The van der Waals surface area contributed by atoms with Crippen molar-refractivity contribution in [1.82, 2.24) is 14.8 Å². The van der Waals surface area contributed by atoms with Gasteiger partial charge >= 0.3 is 0 Å². The molecular weight excluding hydrogens is 444 g/mol. The first kappa shape index (κ1) is 24.2. The van der Waals surface area contributed by atoms with E-state index in [9.17, 15) is 9.59 Å². The van der Waals surface area contributed by atoms with Crippen LogP contribution in [0.3, 0.4) is 0 Å². The average molecular weight is 473 g/mol. The number of anilines is 1. The number of nitrogens with zero attached hydrogens (tertiary/aromatic N) is 3. The Morgan fingerprint density at radius 3 is 2.62 bits per heavy atom. The van der Waals surface area contributed by atoms with Crippen molar-refractivity contribution in [3.63, 3.8) is 0 Å². The molecule has 3 aromatic rings. The normalized spacial score (nSPS) is 14.4. The van der Waals surface area contributed by atoms with Crippen LogP contribution in [0.5, 0.6) is 0 Å². The van der Waals surface area contributed by atoms with Gasteiger partial charge in [-0.1, -0.05) is 37.2 Å². The molecule has 8 heteroatoms. The number of pyridine rings is 1. The Morgan fingerprint density at radius 1 is 1.16 bits per heavy atom. The summed E-state index contributed by atoms with van der Waals surface area (Å²) in [6, 6.07) is 9.75. The van der Waals surface area contributed by atoms with E-state index in [2.05, 4.69) is 16.0 Å². The molecular formula is C24H29ClN4O2S. The van der Waals surface area contributed by atoms with Gasteiger partial charge in [0.2, 0.25) is 5.91 Å². The van der Waals surface area contributed by atoms with Gasteiger partial charge in [-0.3, -0.25) is 14.5 Å². The molecule has 1 aliphatic rings. The third-order valence-electron chi connectivity index (χ3n) is 5.72. The third-order valence-corrected chi connectivity index (χ3v) is 7.33. The fourth-order valence-electron chi connectivity index (χ4n) is 3.86. The Morgan fingerprint density at radius 2 is 1.91 bits per heavy atom. The number of carbonyl (C=O) groups excluding carboxylic acids is 2. The van der Waals surface area contributed by atoms with Crippen molar-refractivity contribution in [2.24, 2.45) is 0 Å². The van der Waals surface area contributed by atoms with Gasteiger partial charge in [-0.2, -0.15) is 0 Å². The molecule has 0 radical (unpaired) electrons. The summed E-state index contributed by atoms with van der Waals surface area (Å²) in [6.45, 7) is 5.42. The summed E-state index contributed by atoms with van der Waals surface area (Å²) in [7, 11) is 0. The predicted molar refractivity (Wildman–Crippen MR) is 132 cm³/mol. The SMILES string of the molecule is C.CC(=O)N1CCN(Cc2sc(C(=O)CCc3ccc4c(N)nccc4c3)cc2Cl)CC1. The Kier molecular flexibility index (Phi) is 7.87. The van der Waals surface area contributed by atoms with Gasteiger partial charge in [0.05, 0.1) is 9.90 Å². The van der Waals surface area contributed by atoms with E-state index in [1.165, 1.54) is 11.3 Å². The van der Waals surface area contributed by atoms with E-state index in [1.807, 2.05) is 23.1 Å². The highest BCUT2D eigenvalue weighted by molar-refractivity contribution is 7.14. The van der Waals surface area contributed by atoms with Crippen molar-refractivity contribution in [2.75, 3.05) is 31.9 Å². The zero-order valence-corrected chi connectivity index (χ0v) is 19.0. The number of nitrogens with two attached hydrogens (primary N) is 1. The Balaban J connectivity index is 0.00000289.